The molecule has 0 amide bonds. The first-order valence-corrected chi connectivity index (χ1v) is 10.3. The van der Waals surface area contributed by atoms with Crippen molar-refractivity contribution in [1.82, 2.24) is 14.8 Å². The summed E-state index contributed by atoms with van der Waals surface area (Å²) in [6.45, 7) is 4.19. The van der Waals surface area contributed by atoms with Gasteiger partial charge in [0.15, 0.2) is 0 Å². The Morgan fingerprint density at radius 1 is 1.14 bits per heavy atom. The molecule has 1 aromatic carbocycles. The van der Waals surface area contributed by atoms with Crippen LogP contribution in [0.4, 0.5) is 13.2 Å². The van der Waals surface area contributed by atoms with Crippen molar-refractivity contribution in [3.8, 4) is 5.75 Å². The molecule has 0 bridgehead atoms. The van der Waals surface area contributed by atoms with Crippen LogP contribution in [0.2, 0.25) is 0 Å². The molecule has 0 N–H and O–H groups in total. The molecule has 0 radical (unpaired) electrons. The van der Waals surface area contributed by atoms with E-state index in [-0.39, 0.29) is 30.6 Å². The summed E-state index contributed by atoms with van der Waals surface area (Å²) in [6.07, 6.45) is -1.91. The van der Waals surface area contributed by atoms with Crippen molar-refractivity contribution in [2.75, 3.05) is 6.61 Å². The van der Waals surface area contributed by atoms with Crippen LogP contribution in [0.1, 0.15) is 38.1 Å². The zero-order valence-corrected chi connectivity index (χ0v) is 16.3. The number of benzene rings is 1. The van der Waals surface area contributed by atoms with Gasteiger partial charge in [-0.2, -0.15) is 13.5 Å². The van der Waals surface area contributed by atoms with Gasteiger partial charge >= 0.3 is 6.36 Å². The molecule has 0 saturated heterocycles. The fraction of sp³-hybridized carbons (Fsp3) is 0.529. The Morgan fingerprint density at radius 3 is 2.36 bits per heavy atom. The maximum atomic E-state index is 12.2. The highest BCUT2D eigenvalue weighted by atomic mass is 32.2. The number of aromatic nitrogens is 3. The lowest BCUT2D eigenvalue weighted by Gasteiger charge is -2.13. The second-order valence-electron chi connectivity index (χ2n) is 6.19. The van der Waals surface area contributed by atoms with Gasteiger partial charge in [0.2, 0.25) is 0 Å². The van der Waals surface area contributed by atoms with E-state index in [1.165, 1.54) is 35.3 Å². The summed E-state index contributed by atoms with van der Waals surface area (Å²) in [5.41, 5.74) is 0.608. The van der Waals surface area contributed by atoms with Crippen LogP contribution < -0.4 is 4.74 Å². The largest absolute Gasteiger partial charge is 0.573 e. The van der Waals surface area contributed by atoms with Crippen LogP contribution in [-0.4, -0.2) is 36.2 Å². The minimum absolute atomic E-state index is 0.115. The molecule has 28 heavy (non-hydrogen) atoms. The lowest BCUT2D eigenvalue weighted by atomic mass is 10.1. The molecule has 0 fully saturated rings. The zero-order chi connectivity index (χ0) is 20.8. The number of ether oxygens (including phenoxy) is 1. The Labute approximate surface area is 161 Å². The van der Waals surface area contributed by atoms with Crippen molar-refractivity contribution in [3.05, 3.63) is 42.0 Å². The molecule has 0 aliphatic carbocycles. The summed E-state index contributed by atoms with van der Waals surface area (Å²) in [6, 6.07) is 5.22. The van der Waals surface area contributed by atoms with Crippen LogP contribution in [-0.2, 0) is 26.6 Å². The predicted molar refractivity (Wildman–Crippen MR) is 94.9 cm³/mol. The van der Waals surface area contributed by atoms with Crippen LogP contribution in [0.3, 0.4) is 0 Å². The number of nitrogens with zero attached hydrogens (tertiary/aromatic N) is 3. The number of rotatable bonds is 10. The van der Waals surface area contributed by atoms with E-state index in [2.05, 4.69) is 14.8 Å². The first-order chi connectivity index (χ1) is 13.1. The average molecular weight is 421 g/mol. The van der Waals surface area contributed by atoms with Crippen LogP contribution in [0.25, 0.3) is 0 Å². The zero-order valence-electron chi connectivity index (χ0n) is 15.5. The molecule has 1 heterocycles. The van der Waals surface area contributed by atoms with Crippen molar-refractivity contribution >= 4 is 10.1 Å². The van der Waals surface area contributed by atoms with E-state index >= 15 is 0 Å². The van der Waals surface area contributed by atoms with Crippen LogP contribution in [0.15, 0.2) is 30.6 Å². The summed E-state index contributed by atoms with van der Waals surface area (Å²) in [5, 5.41) is 3.98. The lowest BCUT2D eigenvalue weighted by molar-refractivity contribution is -0.274. The van der Waals surface area contributed by atoms with Gasteiger partial charge in [0.25, 0.3) is 10.1 Å². The molecule has 11 heteroatoms. The summed E-state index contributed by atoms with van der Waals surface area (Å²) in [5.74, 6) is -0.444. The van der Waals surface area contributed by atoms with Gasteiger partial charge in [0.1, 0.15) is 23.7 Å². The third kappa shape index (κ3) is 7.12. The summed E-state index contributed by atoms with van der Waals surface area (Å²) < 4.78 is 71.2. The quantitative estimate of drug-likeness (QED) is 0.546. The molecule has 0 saturated carbocycles. The minimum atomic E-state index is -4.76. The number of alkyl halides is 3. The van der Waals surface area contributed by atoms with Gasteiger partial charge < -0.3 is 4.74 Å². The number of halogens is 3. The Hall–Kier alpha value is -2.14. The fourth-order valence-electron chi connectivity index (χ4n) is 2.43. The van der Waals surface area contributed by atoms with Gasteiger partial charge in [0.05, 0.1) is 13.2 Å². The van der Waals surface area contributed by atoms with Crippen LogP contribution in [0, 0.1) is 5.92 Å². The molecular formula is C17H22F3N3O4S. The van der Waals surface area contributed by atoms with Crippen molar-refractivity contribution in [2.24, 2.45) is 5.92 Å². The first-order valence-electron chi connectivity index (χ1n) is 8.70. The Kier molecular flexibility index (Phi) is 7.41. The van der Waals surface area contributed by atoms with E-state index in [4.69, 9.17) is 4.18 Å². The SMILES string of the molecule is CCC(CC)COS(=O)(=O)Cc1ncnn1Cc1ccc(OC(F)(F)F)cc1. The van der Waals surface area contributed by atoms with Gasteiger partial charge in [-0.25, -0.2) is 9.67 Å². The van der Waals surface area contributed by atoms with E-state index in [0.717, 1.165) is 12.8 Å². The Bertz CT molecular complexity index is 847. The van der Waals surface area contributed by atoms with Crippen molar-refractivity contribution < 1.29 is 30.5 Å². The topological polar surface area (TPSA) is 83.3 Å². The van der Waals surface area contributed by atoms with Crippen molar-refractivity contribution in [2.45, 2.75) is 45.3 Å². The smallest absolute Gasteiger partial charge is 0.406 e. The van der Waals surface area contributed by atoms with Crippen LogP contribution >= 0.6 is 0 Å². The lowest BCUT2D eigenvalue weighted by Crippen LogP contribution is -2.18. The highest BCUT2D eigenvalue weighted by molar-refractivity contribution is 7.85. The third-order valence-electron chi connectivity index (χ3n) is 4.13. The standard InChI is InChI=1S/C17H22F3N3O4S/c1-3-13(4-2)10-26-28(24,25)11-16-21-12-22-23(16)9-14-5-7-15(8-6-14)27-17(18,19)20/h5-8,12-13H,3-4,9-11H2,1-2H3. The van der Waals surface area contributed by atoms with Crippen molar-refractivity contribution in [1.29, 1.82) is 0 Å². The van der Waals surface area contributed by atoms with Gasteiger partial charge in [0, 0.05) is 0 Å². The fourth-order valence-corrected chi connectivity index (χ4v) is 3.45. The Balaban J connectivity index is 2.01. The molecule has 0 aliphatic rings. The summed E-state index contributed by atoms with van der Waals surface area (Å²) in [7, 11) is -3.83. The Morgan fingerprint density at radius 2 is 1.79 bits per heavy atom. The van der Waals surface area contributed by atoms with Gasteiger partial charge in [-0.1, -0.05) is 38.8 Å². The molecule has 2 aromatic rings. The molecular weight excluding hydrogens is 399 g/mol. The van der Waals surface area contributed by atoms with Crippen molar-refractivity contribution in [3.63, 3.8) is 0 Å². The predicted octanol–water partition coefficient (Wildman–Crippen LogP) is 3.51. The maximum absolute atomic E-state index is 12.2. The molecule has 156 valence electrons. The van der Waals surface area contributed by atoms with E-state index in [1.807, 2.05) is 13.8 Å². The van der Waals surface area contributed by atoms with Gasteiger partial charge in [-0.15, -0.1) is 13.2 Å². The normalized spacial score (nSPS) is 12.5. The maximum Gasteiger partial charge on any atom is 0.573 e. The minimum Gasteiger partial charge on any atom is -0.406 e. The molecule has 1 aromatic heterocycles. The van der Waals surface area contributed by atoms with E-state index in [1.54, 1.807) is 0 Å². The molecule has 0 spiro atoms. The first kappa shape index (κ1) is 22.2. The molecule has 2 rings (SSSR count). The third-order valence-corrected chi connectivity index (χ3v) is 5.24. The van der Waals surface area contributed by atoms with E-state index < -0.39 is 22.2 Å². The highest BCUT2D eigenvalue weighted by Gasteiger charge is 2.31. The highest BCUT2D eigenvalue weighted by Crippen LogP contribution is 2.23. The van der Waals surface area contributed by atoms with Gasteiger partial charge in [-0.05, 0) is 23.6 Å². The second-order valence-corrected chi connectivity index (χ2v) is 7.83. The summed E-state index contributed by atoms with van der Waals surface area (Å²) >= 11 is 0. The monoisotopic (exact) mass is 421 g/mol. The van der Waals surface area contributed by atoms with E-state index in [9.17, 15) is 21.6 Å². The second kappa shape index (κ2) is 9.37. The summed E-state index contributed by atoms with van der Waals surface area (Å²) in [4.78, 5) is 3.95. The molecule has 7 nitrogen and oxygen atoms in total. The average Bonchev–Trinajstić information content (AvgIpc) is 3.02. The van der Waals surface area contributed by atoms with Gasteiger partial charge in [-0.3, -0.25) is 4.18 Å². The van der Waals surface area contributed by atoms with Crippen LogP contribution in [0.5, 0.6) is 5.75 Å². The molecule has 0 atom stereocenters. The van der Waals surface area contributed by atoms with E-state index in [0.29, 0.717) is 5.56 Å². The molecule has 0 aliphatic heterocycles. The number of hydrogen-bond donors (Lipinski definition) is 0. The molecule has 0 unspecified atom stereocenters. The number of hydrogen-bond acceptors (Lipinski definition) is 6.